The fraction of sp³-hybridized carbons (Fsp3) is 0.438. The van der Waals surface area contributed by atoms with Crippen molar-refractivity contribution in [3.63, 3.8) is 0 Å². The zero-order valence-corrected chi connectivity index (χ0v) is 13.1. The Morgan fingerprint density at radius 1 is 1.45 bits per heavy atom. The van der Waals surface area contributed by atoms with Crippen LogP contribution in [0.5, 0.6) is 0 Å². The predicted molar refractivity (Wildman–Crippen MR) is 81.1 cm³/mol. The normalized spacial score (nSPS) is 21.6. The number of carbonyl (C=O) groups excluding carboxylic acids is 1. The summed E-state index contributed by atoms with van der Waals surface area (Å²) in [5.41, 5.74) is -0.367. The first-order valence-corrected chi connectivity index (χ1v) is 6.97. The van der Waals surface area contributed by atoms with E-state index in [0.717, 1.165) is 11.9 Å². The van der Waals surface area contributed by atoms with Crippen LogP contribution in [0.15, 0.2) is 34.6 Å². The molecule has 1 aliphatic heterocycles. The Labute approximate surface area is 128 Å². The Kier molecular flexibility index (Phi) is 4.30. The maximum absolute atomic E-state index is 13.4. The van der Waals surface area contributed by atoms with Gasteiger partial charge in [0.2, 0.25) is 5.60 Å². The van der Waals surface area contributed by atoms with E-state index in [-0.39, 0.29) is 11.0 Å². The van der Waals surface area contributed by atoms with Crippen LogP contribution in [0.1, 0.15) is 39.7 Å². The lowest BCUT2D eigenvalue weighted by Gasteiger charge is -2.20. The average molecular weight is 306 g/mol. The minimum atomic E-state index is -1.20. The molecule has 2 rings (SSSR count). The molecule has 1 atom stereocenters. The molecule has 0 bridgehead atoms. The molecule has 1 aliphatic rings. The Morgan fingerprint density at radius 3 is 2.73 bits per heavy atom. The van der Waals surface area contributed by atoms with Crippen LogP contribution in [0.3, 0.4) is 0 Å². The van der Waals surface area contributed by atoms with E-state index in [4.69, 9.17) is 9.68 Å². The third kappa shape index (κ3) is 3.50. The van der Waals surface area contributed by atoms with E-state index in [1.807, 2.05) is 20.8 Å². The molecule has 0 saturated carbocycles. The van der Waals surface area contributed by atoms with E-state index in [9.17, 15) is 9.18 Å². The number of hydrogen-bond acceptors (Lipinski definition) is 5. The molecule has 0 fully saturated rings. The van der Waals surface area contributed by atoms with E-state index in [1.54, 1.807) is 19.1 Å². The topological polar surface area (TPSA) is 60.2 Å². The smallest absolute Gasteiger partial charge is 0.377 e. The molecular formula is C16H19FN2O3. The minimum absolute atomic E-state index is 0.186. The zero-order valence-electron chi connectivity index (χ0n) is 13.1. The maximum atomic E-state index is 13.4. The molecule has 118 valence electrons. The maximum Gasteiger partial charge on any atom is 0.381 e. The van der Waals surface area contributed by atoms with Crippen molar-refractivity contribution in [3.05, 3.63) is 35.6 Å². The molecule has 1 heterocycles. The third-order valence-corrected chi connectivity index (χ3v) is 3.39. The second-order valence-electron chi connectivity index (χ2n) is 6.42. The summed E-state index contributed by atoms with van der Waals surface area (Å²) in [4.78, 5) is 22.1. The van der Waals surface area contributed by atoms with Gasteiger partial charge in [0.25, 0.3) is 0 Å². The highest BCUT2D eigenvalue weighted by atomic mass is 19.1. The van der Waals surface area contributed by atoms with Gasteiger partial charge in [-0.1, -0.05) is 49.3 Å². The van der Waals surface area contributed by atoms with E-state index in [0.29, 0.717) is 6.42 Å². The number of rotatable bonds is 3. The van der Waals surface area contributed by atoms with E-state index in [1.165, 1.54) is 12.1 Å². The number of nitrogens with zero attached hydrogens (tertiary/aromatic N) is 2. The standard InChI is InChI=1S/C16H19FN2O3/c1-15(2,3)13-9-16(4,22-19-13)14(20)21-18-10-11-7-5-6-8-12(11)17/h5-8,10H,9H2,1-4H3/b18-10+. The van der Waals surface area contributed by atoms with Crippen LogP contribution in [-0.2, 0) is 14.5 Å². The van der Waals surface area contributed by atoms with E-state index >= 15 is 0 Å². The van der Waals surface area contributed by atoms with Gasteiger partial charge in [-0.15, -0.1) is 0 Å². The van der Waals surface area contributed by atoms with E-state index in [2.05, 4.69) is 10.3 Å². The molecule has 0 aliphatic carbocycles. The molecule has 1 unspecified atom stereocenters. The van der Waals surface area contributed by atoms with Gasteiger partial charge in [-0.25, -0.2) is 9.18 Å². The number of carbonyl (C=O) groups is 1. The second-order valence-corrected chi connectivity index (χ2v) is 6.42. The van der Waals surface area contributed by atoms with Gasteiger partial charge in [-0.3, -0.25) is 0 Å². The zero-order chi connectivity index (χ0) is 16.4. The lowest BCUT2D eigenvalue weighted by atomic mass is 9.84. The predicted octanol–water partition coefficient (Wildman–Crippen LogP) is 3.28. The summed E-state index contributed by atoms with van der Waals surface area (Å²) in [5, 5.41) is 7.50. The summed E-state index contributed by atoms with van der Waals surface area (Å²) < 4.78 is 13.4. The summed E-state index contributed by atoms with van der Waals surface area (Å²) in [5.74, 6) is -1.10. The number of benzene rings is 1. The highest BCUT2D eigenvalue weighted by molar-refractivity contribution is 5.96. The molecule has 5 nitrogen and oxygen atoms in total. The Bertz CT molecular complexity index is 635. The van der Waals surface area contributed by atoms with Gasteiger partial charge < -0.3 is 9.68 Å². The monoisotopic (exact) mass is 306 g/mol. The van der Waals surface area contributed by atoms with Crippen molar-refractivity contribution in [1.82, 2.24) is 0 Å². The highest BCUT2D eigenvalue weighted by Crippen LogP contribution is 2.32. The largest absolute Gasteiger partial charge is 0.381 e. The first-order valence-electron chi connectivity index (χ1n) is 6.97. The molecule has 1 aromatic rings. The molecular weight excluding hydrogens is 287 g/mol. The van der Waals surface area contributed by atoms with Gasteiger partial charge in [0.05, 0.1) is 11.9 Å². The summed E-state index contributed by atoms with van der Waals surface area (Å²) in [6, 6.07) is 6.06. The van der Waals surface area contributed by atoms with Gasteiger partial charge in [-0.2, -0.15) is 0 Å². The van der Waals surface area contributed by atoms with Crippen molar-refractivity contribution < 1.29 is 18.9 Å². The molecule has 0 aromatic heterocycles. The van der Waals surface area contributed by atoms with Crippen LogP contribution in [0.2, 0.25) is 0 Å². The van der Waals surface area contributed by atoms with Crippen molar-refractivity contribution in [1.29, 1.82) is 0 Å². The number of oxime groups is 2. The molecule has 0 N–H and O–H groups in total. The van der Waals surface area contributed by atoms with Crippen molar-refractivity contribution >= 4 is 17.9 Å². The number of halogens is 1. The van der Waals surface area contributed by atoms with Crippen molar-refractivity contribution in [3.8, 4) is 0 Å². The quantitative estimate of drug-likeness (QED) is 0.489. The van der Waals surface area contributed by atoms with Crippen molar-refractivity contribution in [2.75, 3.05) is 0 Å². The fourth-order valence-electron chi connectivity index (χ4n) is 1.86. The first kappa shape index (κ1) is 16.1. The molecule has 1 aromatic carbocycles. The summed E-state index contributed by atoms with van der Waals surface area (Å²) in [6.07, 6.45) is 1.49. The highest BCUT2D eigenvalue weighted by Gasteiger charge is 2.46. The third-order valence-electron chi connectivity index (χ3n) is 3.39. The Hall–Kier alpha value is -2.24. The van der Waals surface area contributed by atoms with Gasteiger partial charge in [-0.05, 0) is 13.0 Å². The first-order chi connectivity index (χ1) is 10.2. The van der Waals surface area contributed by atoms with Crippen LogP contribution < -0.4 is 0 Å². The SMILES string of the molecule is CC(C)(C)C1=NOC(C)(C(=O)O/N=C/c2ccccc2F)C1. The van der Waals surface area contributed by atoms with Gasteiger partial charge in [0, 0.05) is 17.4 Å². The van der Waals surface area contributed by atoms with Crippen molar-refractivity contribution in [2.24, 2.45) is 15.7 Å². The lowest BCUT2D eigenvalue weighted by Crippen LogP contribution is -2.37. The van der Waals surface area contributed by atoms with Crippen molar-refractivity contribution in [2.45, 2.75) is 39.7 Å². The van der Waals surface area contributed by atoms with Crippen LogP contribution >= 0.6 is 0 Å². The van der Waals surface area contributed by atoms with Gasteiger partial charge in [0.15, 0.2) is 0 Å². The average Bonchev–Trinajstić information content (AvgIpc) is 2.85. The van der Waals surface area contributed by atoms with Crippen LogP contribution in [0.4, 0.5) is 4.39 Å². The summed E-state index contributed by atoms with van der Waals surface area (Å²) in [6.45, 7) is 7.56. The summed E-state index contributed by atoms with van der Waals surface area (Å²) in [7, 11) is 0. The lowest BCUT2D eigenvalue weighted by molar-refractivity contribution is -0.167. The van der Waals surface area contributed by atoms with E-state index < -0.39 is 17.4 Å². The summed E-state index contributed by atoms with van der Waals surface area (Å²) >= 11 is 0. The minimum Gasteiger partial charge on any atom is -0.377 e. The molecule has 0 spiro atoms. The second kappa shape index (κ2) is 5.87. The van der Waals surface area contributed by atoms with Crippen LogP contribution in [-0.4, -0.2) is 23.5 Å². The van der Waals surface area contributed by atoms with Crippen LogP contribution in [0.25, 0.3) is 0 Å². The Balaban J connectivity index is 1.98. The Morgan fingerprint density at radius 2 is 2.14 bits per heavy atom. The van der Waals surface area contributed by atoms with Gasteiger partial charge >= 0.3 is 5.97 Å². The molecule has 0 radical (unpaired) electrons. The van der Waals surface area contributed by atoms with Gasteiger partial charge in [0.1, 0.15) is 5.82 Å². The number of hydrogen-bond donors (Lipinski definition) is 0. The molecule has 6 heteroatoms. The fourth-order valence-corrected chi connectivity index (χ4v) is 1.86. The van der Waals surface area contributed by atoms with Crippen LogP contribution in [0, 0.1) is 11.2 Å². The molecule has 0 amide bonds. The molecule has 22 heavy (non-hydrogen) atoms. The molecule has 0 saturated heterocycles.